The van der Waals surface area contributed by atoms with E-state index in [2.05, 4.69) is 10.5 Å². The number of carbonyl (C=O) groups is 3. The van der Waals surface area contributed by atoms with Gasteiger partial charge in [0, 0.05) is 41.5 Å². The van der Waals surface area contributed by atoms with E-state index in [-0.39, 0.29) is 30.8 Å². The molecule has 0 spiro atoms. The average molecular weight is 418 g/mol. The molecule has 1 fully saturated rings. The Kier molecular flexibility index (Phi) is 5.79. The third-order valence-corrected chi connectivity index (χ3v) is 5.34. The molecule has 8 nitrogen and oxygen atoms in total. The van der Waals surface area contributed by atoms with Gasteiger partial charge < -0.3 is 14.6 Å². The van der Waals surface area contributed by atoms with E-state index in [4.69, 9.17) is 5.11 Å². The molecular weight excluding hydrogens is 396 g/mol. The summed E-state index contributed by atoms with van der Waals surface area (Å²) in [5, 5.41) is 13.9. The van der Waals surface area contributed by atoms with E-state index in [1.165, 1.54) is 6.21 Å². The van der Waals surface area contributed by atoms with Crippen LogP contribution in [-0.2, 0) is 20.9 Å². The Bertz CT molecular complexity index is 1150. The Balaban J connectivity index is 1.38. The summed E-state index contributed by atoms with van der Waals surface area (Å²) in [4.78, 5) is 37.2. The molecule has 1 aliphatic heterocycles. The minimum atomic E-state index is -0.943. The molecule has 1 unspecified atom stereocenters. The zero-order chi connectivity index (χ0) is 21.8. The Morgan fingerprint density at radius 3 is 2.61 bits per heavy atom. The number of nitrogens with one attached hydrogen (secondary N) is 1. The number of hydrogen-bond acceptors (Lipinski definition) is 4. The van der Waals surface area contributed by atoms with Gasteiger partial charge >= 0.3 is 5.97 Å². The molecule has 2 aromatic carbocycles. The summed E-state index contributed by atoms with van der Waals surface area (Å²) in [6, 6.07) is 17.2. The van der Waals surface area contributed by atoms with Crippen molar-refractivity contribution in [3.63, 3.8) is 0 Å². The molecule has 2 heterocycles. The van der Waals surface area contributed by atoms with Crippen LogP contribution >= 0.6 is 0 Å². The first kappa shape index (κ1) is 20.3. The van der Waals surface area contributed by atoms with Crippen molar-refractivity contribution >= 4 is 34.9 Å². The molecule has 3 aromatic rings. The topological polar surface area (TPSA) is 104 Å². The SMILES string of the molecule is O=C(O)Cn1cc(C=NNC(=O)CN2CC(c3ccccc3)CC2=O)c2ccccc21. The summed E-state index contributed by atoms with van der Waals surface area (Å²) < 4.78 is 1.62. The van der Waals surface area contributed by atoms with Crippen LogP contribution in [0, 0.1) is 0 Å². The van der Waals surface area contributed by atoms with Crippen LogP contribution in [0.4, 0.5) is 0 Å². The molecule has 31 heavy (non-hydrogen) atoms. The molecule has 1 atom stereocenters. The van der Waals surface area contributed by atoms with Gasteiger partial charge in [-0.1, -0.05) is 48.5 Å². The summed E-state index contributed by atoms with van der Waals surface area (Å²) in [7, 11) is 0. The fourth-order valence-electron chi connectivity index (χ4n) is 3.91. The maximum Gasteiger partial charge on any atom is 0.323 e. The van der Waals surface area contributed by atoms with Gasteiger partial charge in [0.15, 0.2) is 0 Å². The van der Waals surface area contributed by atoms with Crippen molar-refractivity contribution in [2.75, 3.05) is 13.1 Å². The van der Waals surface area contributed by atoms with Gasteiger partial charge in [-0.2, -0.15) is 5.10 Å². The lowest BCUT2D eigenvalue weighted by atomic mass is 9.99. The van der Waals surface area contributed by atoms with E-state index in [1.807, 2.05) is 54.6 Å². The van der Waals surface area contributed by atoms with Crippen LogP contribution in [0.5, 0.6) is 0 Å². The first-order valence-corrected chi connectivity index (χ1v) is 9.95. The van der Waals surface area contributed by atoms with E-state index < -0.39 is 5.97 Å². The molecular formula is C23H22N4O4. The smallest absolute Gasteiger partial charge is 0.323 e. The third-order valence-electron chi connectivity index (χ3n) is 5.34. The van der Waals surface area contributed by atoms with Crippen LogP contribution in [0.2, 0.25) is 0 Å². The minimum Gasteiger partial charge on any atom is -0.480 e. The number of nitrogens with zero attached hydrogens (tertiary/aromatic N) is 3. The highest BCUT2D eigenvalue weighted by Crippen LogP contribution is 2.27. The number of rotatable bonds is 7. The highest BCUT2D eigenvalue weighted by atomic mass is 16.4. The van der Waals surface area contributed by atoms with Crippen LogP contribution in [0.1, 0.15) is 23.5 Å². The number of para-hydroxylation sites is 1. The number of hydrogen-bond donors (Lipinski definition) is 2. The predicted octanol–water partition coefficient (Wildman–Crippen LogP) is 2.19. The number of likely N-dealkylation sites (tertiary alicyclic amines) is 1. The number of carboxylic acid groups (broad SMARTS) is 1. The zero-order valence-corrected chi connectivity index (χ0v) is 16.8. The van der Waals surface area contributed by atoms with Gasteiger partial charge in [-0.3, -0.25) is 14.4 Å². The summed E-state index contributed by atoms with van der Waals surface area (Å²) in [6.07, 6.45) is 3.56. The number of fused-ring (bicyclic) bond motifs is 1. The molecule has 1 saturated heterocycles. The van der Waals surface area contributed by atoms with Crippen LogP contribution in [0.3, 0.4) is 0 Å². The fourth-order valence-corrected chi connectivity index (χ4v) is 3.91. The predicted molar refractivity (Wildman–Crippen MR) is 116 cm³/mol. The summed E-state index contributed by atoms with van der Waals surface area (Å²) in [6.45, 7) is 0.281. The number of carboxylic acids is 1. The lowest BCUT2D eigenvalue weighted by Gasteiger charge is -2.15. The highest BCUT2D eigenvalue weighted by molar-refractivity contribution is 6.00. The van der Waals surface area contributed by atoms with E-state index in [0.29, 0.717) is 18.5 Å². The van der Waals surface area contributed by atoms with Crippen LogP contribution in [0.25, 0.3) is 10.9 Å². The number of benzene rings is 2. The van der Waals surface area contributed by atoms with E-state index >= 15 is 0 Å². The van der Waals surface area contributed by atoms with Crippen molar-refractivity contribution in [3.05, 3.63) is 71.9 Å². The van der Waals surface area contributed by atoms with Crippen molar-refractivity contribution in [3.8, 4) is 0 Å². The van der Waals surface area contributed by atoms with E-state index in [9.17, 15) is 14.4 Å². The van der Waals surface area contributed by atoms with Crippen molar-refractivity contribution in [2.24, 2.45) is 5.10 Å². The third kappa shape index (κ3) is 4.63. The second kappa shape index (κ2) is 8.83. The Labute approximate surface area is 178 Å². The maximum atomic E-state index is 12.3. The Morgan fingerprint density at radius 1 is 1.10 bits per heavy atom. The van der Waals surface area contributed by atoms with Gasteiger partial charge in [-0.25, -0.2) is 5.43 Å². The van der Waals surface area contributed by atoms with E-state index in [1.54, 1.807) is 15.7 Å². The summed E-state index contributed by atoms with van der Waals surface area (Å²) >= 11 is 0. The van der Waals surface area contributed by atoms with Crippen molar-refractivity contribution < 1.29 is 19.5 Å². The molecule has 1 aromatic heterocycles. The second-order valence-electron chi connectivity index (χ2n) is 7.50. The standard InChI is InChI=1S/C23H22N4O4/c28-21(14-27-12-17(10-22(27)29)16-6-2-1-3-7-16)25-24-11-18-13-26(15-23(30)31)20-9-5-4-8-19(18)20/h1-9,11,13,17H,10,12,14-15H2,(H,25,28)(H,30,31). The van der Waals surface area contributed by atoms with Crippen molar-refractivity contribution in [1.29, 1.82) is 0 Å². The summed E-state index contributed by atoms with van der Waals surface area (Å²) in [5.74, 6) is -1.29. The largest absolute Gasteiger partial charge is 0.480 e. The first-order valence-electron chi connectivity index (χ1n) is 9.95. The molecule has 0 radical (unpaired) electrons. The van der Waals surface area contributed by atoms with Crippen molar-refractivity contribution in [2.45, 2.75) is 18.9 Å². The normalized spacial score (nSPS) is 16.3. The monoisotopic (exact) mass is 418 g/mol. The lowest BCUT2D eigenvalue weighted by Crippen LogP contribution is -2.36. The first-order chi connectivity index (χ1) is 15.0. The number of hydrazone groups is 1. The molecule has 8 heteroatoms. The molecule has 2 amide bonds. The lowest BCUT2D eigenvalue weighted by molar-refractivity contribution is -0.137. The highest BCUT2D eigenvalue weighted by Gasteiger charge is 2.31. The molecule has 4 rings (SSSR count). The average Bonchev–Trinajstić information content (AvgIpc) is 3.29. The van der Waals surface area contributed by atoms with Gasteiger partial charge in [0.1, 0.15) is 13.1 Å². The van der Waals surface area contributed by atoms with Gasteiger partial charge in [-0.05, 0) is 11.6 Å². The minimum absolute atomic E-state index is 0.0512. The number of aromatic nitrogens is 1. The molecule has 0 bridgehead atoms. The summed E-state index contributed by atoms with van der Waals surface area (Å²) in [5.41, 5.74) is 5.01. The quantitative estimate of drug-likeness (QED) is 0.453. The Morgan fingerprint density at radius 2 is 1.84 bits per heavy atom. The van der Waals surface area contributed by atoms with E-state index in [0.717, 1.165) is 16.5 Å². The number of amides is 2. The van der Waals surface area contributed by atoms with Gasteiger partial charge in [0.05, 0.1) is 6.21 Å². The zero-order valence-electron chi connectivity index (χ0n) is 16.8. The number of aliphatic carboxylic acids is 1. The molecule has 0 aliphatic carbocycles. The molecule has 158 valence electrons. The second-order valence-corrected chi connectivity index (χ2v) is 7.50. The van der Waals surface area contributed by atoms with Crippen LogP contribution < -0.4 is 5.43 Å². The fraction of sp³-hybridized carbons (Fsp3) is 0.217. The molecule has 1 aliphatic rings. The molecule has 0 saturated carbocycles. The van der Waals surface area contributed by atoms with Crippen molar-refractivity contribution in [1.82, 2.24) is 14.9 Å². The van der Waals surface area contributed by atoms with Gasteiger partial charge in [0.2, 0.25) is 5.91 Å². The van der Waals surface area contributed by atoms with Gasteiger partial charge in [0.25, 0.3) is 5.91 Å². The Hall–Kier alpha value is -3.94. The maximum absolute atomic E-state index is 12.3. The number of carbonyl (C=O) groups excluding carboxylic acids is 2. The van der Waals surface area contributed by atoms with Gasteiger partial charge in [-0.15, -0.1) is 0 Å². The van der Waals surface area contributed by atoms with Crippen LogP contribution in [0.15, 0.2) is 65.9 Å². The van der Waals surface area contributed by atoms with Crippen LogP contribution in [-0.4, -0.2) is 51.7 Å². The molecule has 2 N–H and O–H groups in total.